The molecule has 1 rings (SSSR count). The van der Waals surface area contributed by atoms with Crippen molar-refractivity contribution in [2.24, 2.45) is 5.92 Å². The first-order valence-corrected chi connectivity index (χ1v) is 7.53. The third kappa shape index (κ3) is 5.22. The molecule has 0 aliphatic rings. The lowest BCUT2D eigenvalue weighted by Gasteiger charge is -2.21. The highest BCUT2D eigenvalue weighted by Crippen LogP contribution is 2.20. The Balaban J connectivity index is 2.60. The van der Waals surface area contributed by atoms with Gasteiger partial charge < -0.3 is 14.8 Å². The number of nitrogens with one attached hydrogen (secondary N) is 1. The van der Waals surface area contributed by atoms with E-state index in [9.17, 15) is 9.59 Å². The summed E-state index contributed by atoms with van der Waals surface area (Å²) >= 11 is 5.93. The number of hydrogen-bond acceptors (Lipinski definition) is 4. The highest BCUT2D eigenvalue weighted by molar-refractivity contribution is 6.31. The molecule has 0 spiro atoms. The molecule has 0 aliphatic heterocycles. The number of esters is 1. The number of amides is 1. The van der Waals surface area contributed by atoms with E-state index in [2.05, 4.69) is 5.32 Å². The predicted octanol–water partition coefficient (Wildman–Crippen LogP) is 2.73. The van der Waals surface area contributed by atoms with Crippen LogP contribution in [0, 0.1) is 12.8 Å². The number of aryl methyl sites for hydroxylation is 1. The van der Waals surface area contributed by atoms with Crippen LogP contribution in [0.3, 0.4) is 0 Å². The van der Waals surface area contributed by atoms with Crippen molar-refractivity contribution < 1.29 is 19.1 Å². The Hall–Kier alpha value is -1.75. The monoisotopic (exact) mass is 327 g/mol. The van der Waals surface area contributed by atoms with E-state index in [1.807, 2.05) is 20.8 Å². The molecule has 0 saturated carbocycles. The maximum Gasteiger partial charge on any atom is 0.328 e. The first-order chi connectivity index (χ1) is 10.4. The largest absolute Gasteiger partial charge is 0.484 e. The molecular weight excluding hydrogens is 306 g/mol. The summed E-state index contributed by atoms with van der Waals surface area (Å²) in [5, 5.41) is 3.29. The summed E-state index contributed by atoms with van der Waals surface area (Å²) < 4.78 is 10.1. The zero-order valence-electron chi connectivity index (χ0n) is 13.3. The topological polar surface area (TPSA) is 64.6 Å². The van der Waals surface area contributed by atoms with Gasteiger partial charge in [-0.3, -0.25) is 4.79 Å². The quantitative estimate of drug-likeness (QED) is 0.782. The molecule has 0 fully saturated rings. The van der Waals surface area contributed by atoms with Crippen LogP contribution >= 0.6 is 11.6 Å². The number of rotatable bonds is 7. The van der Waals surface area contributed by atoms with Crippen LogP contribution < -0.4 is 10.1 Å². The van der Waals surface area contributed by atoms with Gasteiger partial charge in [-0.2, -0.15) is 0 Å². The van der Waals surface area contributed by atoms with Gasteiger partial charge >= 0.3 is 5.97 Å². The Bertz CT molecular complexity index is 533. The summed E-state index contributed by atoms with van der Waals surface area (Å²) in [6.07, 6.45) is 0.747. The molecule has 0 aromatic heterocycles. The van der Waals surface area contributed by atoms with E-state index in [1.54, 1.807) is 18.2 Å². The van der Waals surface area contributed by atoms with Crippen molar-refractivity contribution in [3.8, 4) is 5.75 Å². The summed E-state index contributed by atoms with van der Waals surface area (Å²) in [5.74, 6) is -0.294. The van der Waals surface area contributed by atoms with Crippen molar-refractivity contribution in [1.82, 2.24) is 5.32 Å². The molecular formula is C16H22ClNO4. The number of benzene rings is 1. The molecule has 0 bridgehead atoms. The van der Waals surface area contributed by atoms with Gasteiger partial charge in [0.15, 0.2) is 6.61 Å². The fourth-order valence-electron chi connectivity index (χ4n) is 1.87. The normalized spacial score (nSPS) is 13.1. The van der Waals surface area contributed by atoms with Gasteiger partial charge in [0.1, 0.15) is 11.8 Å². The van der Waals surface area contributed by atoms with Crippen LogP contribution in [0.2, 0.25) is 5.02 Å². The minimum Gasteiger partial charge on any atom is -0.484 e. The van der Waals surface area contributed by atoms with Gasteiger partial charge in [-0.25, -0.2) is 4.79 Å². The van der Waals surface area contributed by atoms with E-state index in [0.29, 0.717) is 10.8 Å². The molecule has 6 heteroatoms. The number of carbonyl (C=O) groups is 2. The van der Waals surface area contributed by atoms with Gasteiger partial charge in [0.2, 0.25) is 0 Å². The Kier molecular flexibility index (Phi) is 7.18. The Morgan fingerprint density at radius 2 is 2.05 bits per heavy atom. The molecule has 0 heterocycles. The van der Waals surface area contributed by atoms with Crippen LogP contribution in [0.15, 0.2) is 18.2 Å². The zero-order valence-corrected chi connectivity index (χ0v) is 14.1. The molecule has 122 valence electrons. The summed E-state index contributed by atoms with van der Waals surface area (Å²) in [6, 6.07) is 4.48. The van der Waals surface area contributed by atoms with Crippen LogP contribution in [-0.2, 0) is 14.3 Å². The van der Waals surface area contributed by atoms with Crippen LogP contribution in [-0.4, -0.2) is 31.6 Å². The molecule has 0 aliphatic carbocycles. The van der Waals surface area contributed by atoms with Gasteiger partial charge in [-0.1, -0.05) is 31.9 Å². The van der Waals surface area contributed by atoms with Gasteiger partial charge in [0, 0.05) is 5.02 Å². The molecule has 2 atom stereocenters. The molecule has 0 radical (unpaired) electrons. The lowest BCUT2D eigenvalue weighted by atomic mass is 9.99. The highest BCUT2D eigenvalue weighted by atomic mass is 35.5. The van der Waals surface area contributed by atoms with Crippen molar-refractivity contribution in [3.05, 3.63) is 28.8 Å². The van der Waals surface area contributed by atoms with Crippen molar-refractivity contribution in [1.29, 1.82) is 0 Å². The molecule has 1 aromatic carbocycles. The van der Waals surface area contributed by atoms with E-state index in [0.717, 1.165) is 12.0 Å². The Morgan fingerprint density at radius 3 is 2.59 bits per heavy atom. The number of ether oxygens (including phenoxy) is 2. The SMILES string of the molecule is CC[C@@H](C)[C@H](NC(=O)COc1ccc(Cl)c(C)c1)C(=O)OC. The summed E-state index contributed by atoms with van der Waals surface area (Å²) in [5.41, 5.74) is 0.867. The average Bonchev–Trinajstić information content (AvgIpc) is 2.52. The van der Waals surface area contributed by atoms with Crippen LogP contribution in [0.4, 0.5) is 0 Å². The van der Waals surface area contributed by atoms with Crippen molar-refractivity contribution in [2.75, 3.05) is 13.7 Å². The van der Waals surface area contributed by atoms with Crippen LogP contribution in [0.5, 0.6) is 5.75 Å². The standard InChI is InChI=1S/C16H22ClNO4/c1-5-10(2)15(16(20)21-4)18-14(19)9-22-12-6-7-13(17)11(3)8-12/h6-8,10,15H,5,9H2,1-4H3,(H,18,19)/t10-,15+/m1/s1. The van der Waals surface area contributed by atoms with Gasteiger partial charge in [0.25, 0.3) is 5.91 Å². The lowest BCUT2D eigenvalue weighted by molar-refractivity contribution is -0.146. The fourth-order valence-corrected chi connectivity index (χ4v) is 1.98. The second kappa shape index (κ2) is 8.63. The number of halogens is 1. The maximum absolute atomic E-state index is 11.9. The summed E-state index contributed by atoms with van der Waals surface area (Å²) in [7, 11) is 1.30. The van der Waals surface area contributed by atoms with Gasteiger partial charge in [-0.15, -0.1) is 0 Å². The summed E-state index contributed by atoms with van der Waals surface area (Å²) in [6.45, 7) is 5.50. The molecule has 5 nitrogen and oxygen atoms in total. The molecule has 1 N–H and O–H groups in total. The van der Waals surface area contributed by atoms with E-state index in [-0.39, 0.29) is 18.4 Å². The fraction of sp³-hybridized carbons (Fsp3) is 0.500. The molecule has 22 heavy (non-hydrogen) atoms. The lowest BCUT2D eigenvalue weighted by Crippen LogP contribution is -2.47. The molecule has 1 aromatic rings. The molecule has 0 unspecified atom stereocenters. The summed E-state index contributed by atoms with van der Waals surface area (Å²) in [4.78, 5) is 23.7. The van der Waals surface area contributed by atoms with E-state index in [1.165, 1.54) is 7.11 Å². The van der Waals surface area contributed by atoms with E-state index < -0.39 is 12.0 Å². The third-order valence-corrected chi connectivity index (χ3v) is 3.91. The first-order valence-electron chi connectivity index (χ1n) is 7.15. The number of methoxy groups -OCH3 is 1. The van der Waals surface area contributed by atoms with Gasteiger partial charge in [-0.05, 0) is 36.6 Å². The average molecular weight is 328 g/mol. The minimum absolute atomic E-state index is 0.0193. The second-order valence-corrected chi connectivity index (χ2v) is 5.56. The zero-order chi connectivity index (χ0) is 16.7. The molecule has 1 amide bonds. The molecule has 0 saturated heterocycles. The predicted molar refractivity (Wildman–Crippen MR) is 85.1 cm³/mol. The maximum atomic E-state index is 11.9. The number of hydrogen-bond donors (Lipinski definition) is 1. The third-order valence-electron chi connectivity index (χ3n) is 3.48. The van der Waals surface area contributed by atoms with Crippen LogP contribution in [0.25, 0.3) is 0 Å². The smallest absolute Gasteiger partial charge is 0.328 e. The van der Waals surface area contributed by atoms with Crippen molar-refractivity contribution in [2.45, 2.75) is 33.2 Å². The van der Waals surface area contributed by atoms with Crippen molar-refractivity contribution in [3.63, 3.8) is 0 Å². The van der Waals surface area contributed by atoms with Crippen molar-refractivity contribution >= 4 is 23.5 Å². The highest BCUT2D eigenvalue weighted by Gasteiger charge is 2.26. The Labute approximate surface area is 135 Å². The number of carbonyl (C=O) groups excluding carboxylic acids is 2. The second-order valence-electron chi connectivity index (χ2n) is 5.15. The van der Waals surface area contributed by atoms with Crippen LogP contribution in [0.1, 0.15) is 25.8 Å². The minimum atomic E-state index is -0.668. The van der Waals surface area contributed by atoms with Gasteiger partial charge in [0.05, 0.1) is 7.11 Å². The Morgan fingerprint density at radius 1 is 1.36 bits per heavy atom. The first kappa shape index (κ1) is 18.3. The van der Waals surface area contributed by atoms with E-state index >= 15 is 0 Å². The van der Waals surface area contributed by atoms with E-state index in [4.69, 9.17) is 21.1 Å².